The Morgan fingerprint density at radius 2 is 2.24 bits per heavy atom. The minimum atomic E-state index is -0.884. The number of rotatable bonds is 3. The fourth-order valence-electron chi connectivity index (χ4n) is 2.16. The van der Waals surface area contributed by atoms with Gasteiger partial charge in [-0.1, -0.05) is 6.07 Å². The van der Waals surface area contributed by atoms with Crippen LogP contribution in [0.25, 0.3) is 0 Å². The van der Waals surface area contributed by atoms with Crippen molar-refractivity contribution >= 4 is 5.97 Å². The monoisotopic (exact) mass is 241 g/mol. The largest absolute Gasteiger partial charge is 0.480 e. The number of carboxylic acid groups (broad SMARTS) is 1. The highest BCUT2D eigenvalue weighted by atomic mass is 19.1. The third-order valence-corrected chi connectivity index (χ3v) is 3.04. The highest BCUT2D eigenvalue weighted by Gasteiger charge is 2.30. The Bertz CT molecular complexity index is 437. The second-order valence-electron chi connectivity index (χ2n) is 4.20. The van der Waals surface area contributed by atoms with Gasteiger partial charge in [0, 0.05) is 18.2 Å². The van der Waals surface area contributed by atoms with E-state index in [9.17, 15) is 13.6 Å². The number of likely N-dealkylation sites (tertiary alicyclic amines) is 1. The molecule has 0 bridgehead atoms. The smallest absolute Gasteiger partial charge is 0.320 e. The van der Waals surface area contributed by atoms with Crippen LogP contribution >= 0.6 is 0 Å². The topological polar surface area (TPSA) is 40.5 Å². The molecule has 1 atom stereocenters. The molecule has 3 nitrogen and oxygen atoms in total. The molecule has 0 spiro atoms. The van der Waals surface area contributed by atoms with Crippen molar-refractivity contribution in [1.82, 2.24) is 4.90 Å². The molecule has 1 aromatic rings. The van der Waals surface area contributed by atoms with Crippen molar-refractivity contribution in [3.05, 3.63) is 35.4 Å². The number of carbonyl (C=O) groups is 1. The van der Waals surface area contributed by atoms with Gasteiger partial charge in [0.2, 0.25) is 0 Å². The van der Waals surface area contributed by atoms with Crippen LogP contribution in [0.4, 0.5) is 8.78 Å². The Kier molecular flexibility index (Phi) is 3.38. The molecule has 0 radical (unpaired) electrons. The van der Waals surface area contributed by atoms with Crippen LogP contribution in [0.5, 0.6) is 0 Å². The van der Waals surface area contributed by atoms with Crippen LogP contribution in [0.2, 0.25) is 0 Å². The van der Waals surface area contributed by atoms with Crippen molar-refractivity contribution in [2.45, 2.75) is 25.4 Å². The van der Waals surface area contributed by atoms with Crippen molar-refractivity contribution in [2.24, 2.45) is 0 Å². The summed E-state index contributed by atoms with van der Waals surface area (Å²) in [4.78, 5) is 12.7. The van der Waals surface area contributed by atoms with Crippen molar-refractivity contribution < 1.29 is 18.7 Å². The summed E-state index contributed by atoms with van der Waals surface area (Å²) in [6.07, 6.45) is 1.37. The molecule has 2 rings (SSSR count). The van der Waals surface area contributed by atoms with E-state index in [1.807, 2.05) is 0 Å². The lowest BCUT2D eigenvalue weighted by molar-refractivity contribution is -0.142. The summed E-state index contributed by atoms with van der Waals surface area (Å²) in [6.45, 7) is 0.844. The van der Waals surface area contributed by atoms with Crippen LogP contribution in [0, 0.1) is 11.6 Å². The first-order valence-electron chi connectivity index (χ1n) is 5.48. The quantitative estimate of drug-likeness (QED) is 0.880. The molecule has 1 aliphatic rings. The van der Waals surface area contributed by atoms with E-state index in [1.54, 1.807) is 4.90 Å². The molecule has 0 aliphatic carbocycles. The van der Waals surface area contributed by atoms with Crippen LogP contribution in [-0.2, 0) is 11.3 Å². The average molecular weight is 241 g/mol. The summed E-state index contributed by atoms with van der Waals surface area (Å²) in [7, 11) is 0. The average Bonchev–Trinajstić information content (AvgIpc) is 2.70. The van der Waals surface area contributed by atoms with Gasteiger partial charge in [-0.05, 0) is 25.5 Å². The fraction of sp³-hybridized carbons (Fsp3) is 0.417. The van der Waals surface area contributed by atoms with Gasteiger partial charge in [0.1, 0.15) is 17.7 Å². The van der Waals surface area contributed by atoms with E-state index in [1.165, 1.54) is 12.1 Å². The summed E-state index contributed by atoms with van der Waals surface area (Å²) in [5, 5.41) is 8.98. The van der Waals surface area contributed by atoms with E-state index in [2.05, 4.69) is 0 Å². The number of halogens is 2. The molecule has 1 heterocycles. The standard InChI is InChI=1S/C12H13F2NO2/c13-9-4-3-8(10(14)6-9)7-15-5-1-2-11(15)12(16)17/h3-4,6,11H,1-2,5,7H2,(H,16,17)/t11-/m0/s1. The van der Waals surface area contributed by atoms with Crippen molar-refractivity contribution in [1.29, 1.82) is 0 Å². The lowest BCUT2D eigenvalue weighted by Crippen LogP contribution is -2.35. The Hall–Kier alpha value is -1.49. The molecule has 0 saturated carbocycles. The first-order valence-corrected chi connectivity index (χ1v) is 5.48. The highest BCUT2D eigenvalue weighted by molar-refractivity contribution is 5.73. The van der Waals surface area contributed by atoms with Gasteiger partial charge >= 0.3 is 5.97 Å². The number of hydrogen-bond acceptors (Lipinski definition) is 2. The van der Waals surface area contributed by atoms with Gasteiger partial charge < -0.3 is 5.11 Å². The fourth-order valence-corrected chi connectivity index (χ4v) is 2.16. The minimum absolute atomic E-state index is 0.211. The van der Waals surface area contributed by atoms with Crippen LogP contribution in [0.15, 0.2) is 18.2 Å². The van der Waals surface area contributed by atoms with Gasteiger partial charge in [0.15, 0.2) is 0 Å². The Labute approximate surface area is 97.7 Å². The summed E-state index contributed by atoms with van der Waals surface area (Å²) in [6, 6.07) is 2.81. The van der Waals surface area contributed by atoms with Gasteiger partial charge in [0.05, 0.1) is 0 Å². The second kappa shape index (κ2) is 4.79. The normalized spacial score (nSPS) is 20.7. The molecule has 1 N–H and O–H groups in total. The predicted molar refractivity (Wildman–Crippen MR) is 57.4 cm³/mol. The van der Waals surface area contributed by atoms with Crippen LogP contribution in [-0.4, -0.2) is 28.6 Å². The van der Waals surface area contributed by atoms with E-state index in [-0.39, 0.29) is 6.54 Å². The maximum absolute atomic E-state index is 13.4. The van der Waals surface area contributed by atoms with Gasteiger partial charge in [0.25, 0.3) is 0 Å². The number of aliphatic carboxylic acids is 1. The molecule has 1 fully saturated rings. The zero-order valence-corrected chi connectivity index (χ0v) is 9.20. The molecular weight excluding hydrogens is 228 g/mol. The van der Waals surface area contributed by atoms with Crippen molar-refractivity contribution in [2.75, 3.05) is 6.54 Å². The SMILES string of the molecule is O=C(O)[C@@H]1CCCN1Cc1ccc(F)cc1F. The molecule has 0 aromatic heterocycles. The lowest BCUT2D eigenvalue weighted by Gasteiger charge is -2.21. The first kappa shape index (κ1) is 12.0. The third kappa shape index (κ3) is 2.61. The molecule has 1 aliphatic heterocycles. The van der Waals surface area contributed by atoms with E-state index in [0.29, 0.717) is 18.5 Å². The van der Waals surface area contributed by atoms with Gasteiger partial charge in [-0.3, -0.25) is 9.69 Å². The number of hydrogen-bond donors (Lipinski definition) is 1. The van der Waals surface area contributed by atoms with Gasteiger partial charge in [-0.25, -0.2) is 8.78 Å². The summed E-state index contributed by atoms with van der Waals surface area (Å²) in [5.41, 5.74) is 0.333. The van der Waals surface area contributed by atoms with Gasteiger partial charge in [-0.15, -0.1) is 0 Å². The molecular formula is C12H13F2NO2. The predicted octanol–water partition coefficient (Wildman–Crippen LogP) is 2.01. The van der Waals surface area contributed by atoms with Crippen LogP contribution in [0.3, 0.4) is 0 Å². The van der Waals surface area contributed by atoms with E-state index < -0.39 is 23.6 Å². The lowest BCUT2D eigenvalue weighted by atomic mass is 10.1. The molecule has 1 aromatic carbocycles. The second-order valence-corrected chi connectivity index (χ2v) is 4.20. The molecule has 92 valence electrons. The van der Waals surface area contributed by atoms with E-state index >= 15 is 0 Å². The molecule has 0 amide bonds. The summed E-state index contributed by atoms with van der Waals surface area (Å²) in [5.74, 6) is -2.13. The summed E-state index contributed by atoms with van der Waals surface area (Å²) >= 11 is 0. The van der Waals surface area contributed by atoms with Gasteiger partial charge in [-0.2, -0.15) is 0 Å². The first-order chi connectivity index (χ1) is 8.08. The molecule has 0 unspecified atom stereocenters. The Balaban J connectivity index is 2.12. The number of carboxylic acids is 1. The maximum Gasteiger partial charge on any atom is 0.320 e. The third-order valence-electron chi connectivity index (χ3n) is 3.04. The number of nitrogens with zero attached hydrogens (tertiary/aromatic N) is 1. The van der Waals surface area contributed by atoms with Crippen LogP contribution in [0.1, 0.15) is 18.4 Å². The zero-order valence-electron chi connectivity index (χ0n) is 9.20. The van der Waals surface area contributed by atoms with Crippen LogP contribution < -0.4 is 0 Å². The molecule has 17 heavy (non-hydrogen) atoms. The van der Waals surface area contributed by atoms with Crippen molar-refractivity contribution in [3.63, 3.8) is 0 Å². The number of benzene rings is 1. The Morgan fingerprint density at radius 3 is 2.88 bits per heavy atom. The molecule has 5 heteroatoms. The van der Waals surface area contributed by atoms with E-state index in [0.717, 1.165) is 12.5 Å². The highest BCUT2D eigenvalue weighted by Crippen LogP contribution is 2.21. The molecule has 1 saturated heterocycles. The minimum Gasteiger partial charge on any atom is -0.480 e. The zero-order chi connectivity index (χ0) is 12.4. The van der Waals surface area contributed by atoms with Crippen molar-refractivity contribution in [3.8, 4) is 0 Å². The summed E-state index contributed by atoms with van der Waals surface area (Å²) < 4.78 is 26.1. The van der Waals surface area contributed by atoms with E-state index in [4.69, 9.17) is 5.11 Å². The maximum atomic E-state index is 13.4. The Morgan fingerprint density at radius 1 is 1.47 bits per heavy atom.